The van der Waals surface area contributed by atoms with Gasteiger partial charge in [-0.25, -0.2) is 4.79 Å². The van der Waals surface area contributed by atoms with E-state index in [0.29, 0.717) is 48.4 Å². The number of anilines is 1. The standard InChI is InChI=1S/C26H33N3O5/c1-5-33-26(31)20-9-11-21(12-10-20)28-25(30)22-7-6-14-29(22)27-16-19-8-13-23(32-4)24(15-19)34-17-18(2)3/h8-13,15-16,18,22H,5-7,14,17H2,1-4H3,(H,28,30)/b27-16+. The highest BCUT2D eigenvalue weighted by molar-refractivity contribution is 5.96. The minimum Gasteiger partial charge on any atom is -0.493 e. The van der Waals surface area contributed by atoms with Gasteiger partial charge in [-0.3, -0.25) is 9.80 Å². The van der Waals surface area contributed by atoms with Crippen molar-refractivity contribution in [2.24, 2.45) is 11.0 Å². The fourth-order valence-electron chi connectivity index (χ4n) is 3.57. The van der Waals surface area contributed by atoms with Gasteiger partial charge in [-0.05, 0) is 73.7 Å². The van der Waals surface area contributed by atoms with Crippen LogP contribution in [0.15, 0.2) is 47.6 Å². The van der Waals surface area contributed by atoms with Crippen LogP contribution >= 0.6 is 0 Å². The molecule has 1 heterocycles. The molecule has 1 unspecified atom stereocenters. The number of rotatable bonds is 10. The van der Waals surface area contributed by atoms with Crippen LogP contribution in [0.2, 0.25) is 0 Å². The summed E-state index contributed by atoms with van der Waals surface area (Å²) in [6, 6.07) is 12.0. The van der Waals surface area contributed by atoms with Crippen molar-refractivity contribution in [3.8, 4) is 11.5 Å². The van der Waals surface area contributed by atoms with Gasteiger partial charge in [0.2, 0.25) is 5.91 Å². The van der Waals surface area contributed by atoms with Crippen molar-refractivity contribution in [2.45, 2.75) is 39.7 Å². The summed E-state index contributed by atoms with van der Waals surface area (Å²) < 4.78 is 16.2. The third-order valence-electron chi connectivity index (χ3n) is 5.31. The summed E-state index contributed by atoms with van der Waals surface area (Å²) in [4.78, 5) is 24.7. The van der Waals surface area contributed by atoms with Gasteiger partial charge < -0.3 is 19.5 Å². The fourth-order valence-corrected chi connectivity index (χ4v) is 3.57. The third-order valence-corrected chi connectivity index (χ3v) is 5.31. The summed E-state index contributed by atoms with van der Waals surface area (Å²) in [6.45, 7) is 7.54. The zero-order chi connectivity index (χ0) is 24.5. The van der Waals surface area contributed by atoms with Crippen LogP contribution in [0.3, 0.4) is 0 Å². The van der Waals surface area contributed by atoms with Gasteiger partial charge in [0.1, 0.15) is 6.04 Å². The van der Waals surface area contributed by atoms with Crippen LogP contribution in [-0.2, 0) is 9.53 Å². The molecule has 8 heteroatoms. The molecule has 1 atom stereocenters. The molecule has 0 radical (unpaired) electrons. The number of methoxy groups -OCH3 is 1. The maximum atomic E-state index is 12.9. The SMILES string of the molecule is CCOC(=O)c1ccc(NC(=O)C2CCCN2/N=C/c2ccc(OC)c(OCC(C)C)c2)cc1. The molecule has 34 heavy (non-hydrogen) atoms. The zero-order valence-corrected chi connectivity index (χ0v) is 20.2. The second-order valence-electron chi connectivity index (χ2n) is 8.47. The predicted molar refractivity (Wildman–Crippen MR) is 132 cm³/mol. The van der Waals surface area contributed by atoms with E-state index in [9.17, 15) is 9.59 Å². The number of amides is 1. The molecule has 2 aromatic rings. The Labute approximate surface area is 200 Å². The molecule has 2 aromatic carbocycles. The summed E-state index contributed by atoms with van der Waals surface area (Å²) in [5, 5.41) is 9.30. The molecule has 1 aliphatic heterocycles. The maximum absolute atomic E-state index is 12.9. The highest BCUT2D eigenvalue weighted by Gasteiger charge is 2.30. The molecule has 3 rings (SSSR count). The molecule has 182 valence electrons. The van der Waals surface area contributed by atoms with Gasteiger partial charge in [0.25, 0.3) is 0 Å². The lowest BCUT2D eigenvalue weighted by Crippen LogP contribution is -2.36. The van der Waals surface area contributed by atoms with Gasteiger partial charge in [-0.1, -0.05) is 13.8 Å². The van der Waals surface area contributed by atoms with E-state index in [-0.39, 0.29) is 17.9 Å². The van der Waals surface area contributed by atoms with Crippen LogP contribution in [0, 0.1) is 5.92 Å². The van der Waals surface area contributed by atoms with Crippen LogP contribution < -0.4 is 14.8 Å². The first-order chi connectivity index (χ1) is 16.4. The van der Waals surface area contributed by atoms with Gasteiger partial charge in [0.05, 0.1) is 32.1 Å². The van der Waals surface area contributed by atoms with Gasteiger partial charge in [-0.15, -0.1) is 0 Å². The number of esters is 1. The first-order valence-corrected chi connectivity index (χ1v) is 11.6. The first kappa shape index (κ1) is 25.1. The molecule has 0 spiro atoms. The average molecular weight is 468 g/mol. The Morgan fingerprint density at radius 3 is 2.62 bits per heavy atom. The van der Waals surface area contributed by atoms with Crippen molar-refractivity contribution in [3.05, 3.63) is 53.6 Å². The number of hydrazone groups is 1. The Bertz CT molecular complexity index is 1000. The molecule has 1 saturated heterocycles. The van der Waals surface area contributed by atoms with Crippen molar-refractivity contribution >= 4 is 23.8 Å². The second-order valence-corrected chi connectivity index (χ2v) is 8.47. The minimum atomic E-state index is -0.382. The predicted octanol–water partition coefficient (Wildman–Crippen LogP) is 4.34. The number of benzene rings is 2. The topological polar surface area (TPSA) is 89.5 Å². The van der Waals surface area contributed by atoms with Gasteiger partial charge in [0.15, 0.2) is 11.5 Å². The summed E-state index contributed by atoms with van der Waals surface area (Å²) in [6.07, 6.45) is 3.33. The lowest BCUT2D eigenvalue weighted by atomic mass is 10.2. The average Bonchev–Trinajstić information content (AvgIpc) is 3.31. The summed E-state index contributed by atoms with van der Waals surface area (Å²) in [5.41, 5.74) is 1.93. The number of ether oxygens (including phenoxy) is 3. The lowest BCUT2D eigenvalue weighted by molar-refractivity contribution is -0.120. The zero-order valence-electron chi connectivity index (χ0n) is 20.2. The van der Waals surface area contributed by atoms with Crippen LogP contribution in [0.25, 0.3) is 0 Å². The van der Waals surface area contributed by atoms with E-state index < -0.39 is 0 Å². The third kappa shape index (κ3) is 6.73. The Balaban J connectivity index is 1.64. The van der Waals surface area contributed by atoms with E-state index in [4.69, 9.17) is 14.2 Å². The van der Waals surface area contributed by atoms with E-state index >= 15 is 0 Å². The molecule has 8 nitrogen and oxygen atoms in total. The Morgan fingerprint density at radius 1 is 1.18 bits per heavy atom. The van der Waals surface area contributed by atoms with Gasteiger partial charge >= 0.3 is 5.97 Å². The molecule has 1 aliphatic rings. The highest BCUT2D eigenvalue weighted by Crippen LogP contribution is 2.28. The maximum Gasteiger partial charge on any atom is 0.338 e. The Morgan fingerprint density at radius 2 is 1.94 bits per heavy atom. The summed E-state index contributed by atoms with van der Waals surface area (Å²) >= 11 is 0. The van der Waals surface area contributed by atoms with E-state index in [1.807, 2.05) is 18.2 Å². The van der Waals surface area contributed by atoms with Crippen molar-refractivity contribution in [3.63, 3.8) is 0 Å². The van der Waals surface area contributed by atoms with Crippen molar-refractivity contribution in [1.29, 1.82) is 0 Å². The van der Waals surface area contributed by atoms with Crippen LogP contribution in [0.4, 0.5) is 5.69 Å². The normalized spacial score (nSPS) is 15.6. The molecule has 0 saturated carbocycles. The van der Waals surface area contributed by atoms with Crippen LogP contribution in [0.1, 0.15) is 49.5 Å². The van der Waals surface area contributed by atoms with Crippen LogP contribution in [-0.4, -0.2) is 56.0 Å². The van der Waals surface area contributed by atoms with Crippen molar-refractivity contribution < 1.29 is 23.8 Å². The molecule has 0 aliphatic carbocycles. The number of hydrogen-bond acceptors (Lipinski definition) is 7. The number of carbonyl (C=O) groups excluding carboxylic acids is 2. The van der Waals surface area contributed by atoms with Crippen molar-refractivity contribution in [2.75, 3.05) is 32.2 Å². The number of carbonyl (C=O) groups is 2. The molecule has 1 N–H and O–H groups in total. The summed E-state index contributed by atoms with van der Waals surface area (Å²) in [5.74, 6) is 1.22. The van der Waals surface area contributed by atoms with E-state index in [1.54, 1.807) is 49.5 Å². The van der Waals surface area contributed by atoms with E-state index in [0.717, 1.165) is 18.4 Å². The molecule has 1 amide bonds. The minimum absolute atomic E-state index is 0.130. The smallest absolute Gasteiger partial charge is 0.338 e. The summed E-state index contributed by atoms with van der Waals surface area (Å²) in [7, 11) is 1.61. The largest absolute Gasteiger partial charge is 0.493 e. The number of hydrogen-bond donors (Lipinski definition) is 1. The first-order valence-electron chi connectivity index (χ1n) is 11.6. The number of nitrogens with zero attached hydrogens (tertiary/aromatic N) is 2. The Kier molecular flexibility index (Phi) is 8.90. The van der Waals surface area contributed by atoms with Crippen LogP contribution in [0.5, 0.6) is 11.5 Å². The molecular formula is C26H33N3O5. The molecule has 1 fully saturated rings. The van der Waals surface area contributed by atoms with Crippen molar-refractivity contribution in [1.82, 2.24) is 5.01 Å². The molecule has 0 aromatic heterocycles. The lowest BCUT2D eigenvalue weighted by Gasteiger charge is -2.21. The highest BCUT2D eigenvalue weighted by atomic mass is 16.5. The number of nitrogens with one attached hydrogen (secondary N) is 1. The Hall–Kier alpha value is -3.55. The monoisotopic (exact) mass is 467 g/mol. The molecular weight excluding hydrogens is 434 g/mol. The van der Waals surface area contributed by atoms with E-state index in [1.165, 1.54) is 0 Å². The quantitative estimate of drug-likeness (QED) is 0.413. The van der Waals surface area contributed by atoms with Gasteiger partial charge in [-0.2, -0.15) is 5.10 Å². The van der Waals surface area contributed by atoms with E-state index in [2.05, 4.69) is 24.3 Å². The molecule has 0 bridgehead atoms. The second kappa shape index (κ2) is 12.1. The van der Waals surface area contributed by atoms with Gasteiger partial charge in [0, 0.05) is 12.2 Å². The fraction of sp³-hybridized carbons (Fsp3) is 0.423.